The van der Waals surface area contributed by atoms with E-state index in [0.717, 1.165) is 43.9 Å². The molecule has 0 unspecified atom stereocenters. The normalized spacial score (nSPS) is 12.7. The number of hydrogen-bond acceptors (Lipinski definition) is 4. The predicted octanol–water partition coefficient (Wildman–Crippen LogP) is 3.13. The Morgan fingerprint density at radius 2 is 1.56 bits per heavy atom. The van der Waals surface area contributed by atoms with Gasteiger partial charge in [-0.2, -0.15) is 12.6 Å². The predicted molar refractivity (Wildman–Crippen MR) is 83.0 cm³/mol. The largest absolute Gasteiger partial charge is 0.376 e. The molecule has 0 aromatic heterocycles. The van der Waals surface area contributed by atoms with Crippen LogP contribution in [0.15, 0.2) is 0 Å². The molecular weight excluding hydrogens is 264 g/mol. The van der Waals surface area contributed by atoms with E-state index in [1.807, 2.05) is 6.92 Å². The summed E-state index contributed by atoms with van der Waals surface area (Å²) in [6.07, 6.45) is 5.47. The topological polar surface area (TPSA) is 27.7 Å². The molecule has 0 aromatic carbocycles. The molecule has 0 amide bonds. The van der Waals surface area contributed by atoms with Crippen molar-refractivity contribution in [3.05, 3.63) is 0 Å². The second-order valence-electron chi connectivity index (χ2n) is 4.55. The summed E-state index contributed by atoms with van der Waals surface area (Å²) in [6, 6.07) is 1.13. The van der Waals surface area contributed by atoms with Crippen LogP contribution in [-0.4, -0.2) is 34.7 Å². The Hall–Kier alpha value is 0.447. The van der Waals surface area contributed by atoms with E-state index in [2.05, 4.69) is 26.5 Å². The Balaban J connectivity index is 3.95. The van der Waals surface area contributed by atoms with Crippen LogP contribution >= 0.6 is 12.6 Å². The first-order valence-corrected chi connectivity index (χ1v) is 9.42. The highest BCUT2D eigenvalue weighted by Crippen LogP contribution is 2.16. The molecule has 5 heteroatoms. The van der Waals surface area contributed by atoms with Crippen molar-refractivity contribution >= 4 is 22.4 Å². The Morgan fingerprint density at radius 3 is 2.00 bits per heavy atom. The maximum absolute atomic E-state index is 5.89. The minimum atomic E-state index is -0.812. The van der Waals surface area contributed by atoms with Crippen molar-refractivity contribution in [2.45, 2.75) is 64.9 Å². The molecule has 0 aliphatic carbocycles. The van der Waals surface area contributed by atoms with Crippen molar-refractivity contribution < 1.29 is 13.9 Å². The lowest BCUT2D eigenvalue weighted by Crippen LogP contribution is -2.37. The highest BCUT2D eigenvalue weighted by molar-refractivity contribution is 7.80. The van der Waals surface area contributed by atoms with Crippen molar-refractivity contribution in [2.24, 2.45) is 0 Å². The molecule has 18 heavy (non-hydrogen) atoms. The molecule has 0 heterocycles. The minimum Gasteiger partial charge on any atom is -0.376 e. The standard InChI is InChI=1S/C13H30O3SSi/c1-4-6-9-14-13(3,15-10-7-5-2)16-18-12-8-11-17/h17H,4-12,18H2,1-3H3. The van der Waals surface area contributed by atoms with Gasteiger partial charge in [-0.1, -0.05) is 26.7 Å². The van der Waals surface area contributed by atoms with E-state index in [4.69, 9.17) is 13.9 Å². The van der Waals surface area contributed by atoms with E-state index in [9.17, 15) is 0 Å². The van der Waals surface area contributed by atoms with E-state index in [1.54, 1.807) is 0 Å². The average molecular weight is 295 g/mol. The average Bonchev–Trinajstić information content (AvgIpc) is 2.36. The minimum absolute atomic E-state index is 0.571. The van der Waals surface area contributed by atoms with E-state index in [-0.39, 0.29) is 0 Å². The van der Waals surface area contributed by atoms with Gasteiger partial charge in [0.15, 0.2) is 9.76 Å². The van der Waals surface area contributed by atoms with Gasteiger partial charge in [-0.15, -0.1) is 0 Å². The van der Waals surface area contributed by atoms with Gasteiger partial charge in [0.2, 0.25) is 0 Å². The van der Waals surface area contributed by atoms with Crippen LogP contribution in [0.25, 0.3) is 0 Å². The Morgan fingerprint density at radius 1 is 1.00 bits per heavy atom. The number of ether oxygens (including phenoxy) is 2. The maximum Gasteiger partial charge on any atom is 0.269 e. The summed E-state index contributed by atoms with van der Waals surface area (Å²) >= 11 is 4.21. The van der Waals surface area contributed by atoms with Crippen molar-refractivity contribution in [3.63, 3.8) is 0 Å². The number of unbranched alkanes of at least 4 members (excludes halogenated alkanes) is 2. The van der Waals surface area contributed by atoms with Gasteiger partial charge in [0, 0.05) is 6.92 Å². The van der Waals surface area contributed by atoms with Gasteiger partial charge in [0.1, 0.15) is 0 Å². The molecule has 0 bridgehead atoms. The molecule has 0 spiro atoms. The third kappa shape index (κ3) is 10.4. The lowest BCUT2D eigenvalue weighted by molar-refractivity contribution is -0.334. The van der Waals surface area contributed by atoms with Gasteiger partial charge in [-0.25, -0.2) is 0 Å². The number of thiol groups is 1. The van der Waals surface area contributed by atoms with E-state index in [0.29, 0.717) is 13.2 Å². The highest BCUT2D eigenvalue weighted by Gasteiger charge is 2.26. The van der Waals surface area contributed by atoms with Crippen LogP contribution in [0.2, 0.25) is 6.04 Å². The number of rotatable bonds is 13. The first-order valence-electron chi connectivity index (χ1n) is 7.21. The van der Waals surface area contributed by atoms with E-state index < -0.39 is 15.7 Å². The summed E-state index contributed by atoms with van der Waals surface area (Å²) in [7, 11) is -0.571. The van der Waals surface area contributed by atoms with Crippen molar-refractivity contribution in [1.82, 2.24) is 0 Å². The first-order chi connectivity index (χ1) is 8.68. The molecule has 0 rings (SSSR count). The van der Waals surface area contributed by atoms with Crippen LogP contribution in [0.3, 0.4) is 0 Å². The molecule has 0 radical (unpaired) electrons. The van der Waals surface area contributed by atoms with Crippen molar-refractivity contribution in [1.29, 1.82) is 0 Å². The van der Waals surface area contributed by atoms with Gasteiger partial charge < -0.3 is 13.9 Å². The van der Waals surface area contributed by atoms with E-state index in [1.165, 1.54) is 0 Å². The van der Waals surface area contributed by atoms with Gasteiger partial charge in [-0.05, 0) is 31.1 Å². The molecule has 0 saturated carbocycles. The Kier molecular flexibility index (Phi) is 12.8. The van der Waals surface area contributed by atoms with Crippen molar-refractivity contribution in [2.75, 3.05) is 19.0 Å². The molecule has 110 valence electrons. The molecule has 3 nitrogen and oxygen atoms in total. The van der Waals surface area contributed by atoms with Crippen LogP contribution in [0.4, 0.5) is 0 Å². The van der Waals surface area contributed by atoms with Gasteiger partial charge in [0.25, 0.3) is 5.97 Å². The molecule has 0 aliphatic heterocycles. The summed E-state index contributed by atoms with van der Waals surface area (Å²) < 4.78 is 17.4. The summed E-state index contributed by atoms with van der Waals surface area (Å²) in [5.74, 6) is 0.119. The molecule has 0 saturated heterocycles. The highest BCUT2D eigenvalue weighted by atomic mass is 32.1. The quantitative estimate of drug-likeness (QED) is 0.245. The fourth-order valence-corrected chi connectivity index (χ4v) is 3.18. The van der Waals surface area contributed by atoms with Crippen LogP contribution < -0.4 is 0 Å². The van der Waals surface area contributed by atoms with Gasteiger partial charge in [0.05, 0.1) is 13.2 Å². The van der Waals surface area contributed by atoms with Gasteiger partial charge >= 0.3 is 0 Å². The molecular formula is C13H30O3SSi. The SMILES string of the molecule is CCCCOC(C)(OCCCC)O[SiH2]CCCS. The maximum atomic E-state index is 5.89. The molecule has 0 N–H and O–H groups in total. The zero-order valence-corrected chi connectivity index (χ0v) is 14.6. The second-order valence-corrected chi connectivity index (χ2v) is 6.40. The summed E-state index contributed by atoms with van der Waals surface area (Å²) in [5, 5.41) is 0. The Bertz CT molecular complexity index is 172. The third-order valence-electron chi connectivity index (χ3n) is 2.64. The second kappa shape index (κ2) is 12.5. The smallest absolute Gasteiger partial charge is 0.269 e. The first kappa shape index (κ1) is 18.4. The third-order valence-corrected chi connectivity index (χ3v) is 4.47. The monoisotopic (exact) mass is 294 g/mol. The van der Waals surface area contributed by atoms with Crippen molar-refractivity contribution in [3.8, 4) is 0 Å². The lowest BCUT2D eigenvalue weighted by Gasteiger charge is -2.30. The molecule has 0 fully saturated rings. The zero-order valence-electron chi connectivity index (χ0n) is 12.2. The molecule has 0 aliphatic rings. The summed E-state index contributed by atoms with van der Waals surface area (Å²) in [5.41, 5.74) is 0. The molecule has 0 aromatic rings. The fourth-order valence-electron chi connectivity index (χ4n) is 1.40. The van der Waals surface area contributed by atoms with Crippen LogP contribution in [0, 0.1) is 0 Å². The number of hydrogen-bond donors (Lipinski definition) is 1. The fraction of sp³-hybridized carbons (Fsp3) is 1.00. The lowest BCUT2D eigenvalue weighted by atomic mass is 10.3. The van der Waals surface area contributed by atoms with E-state index >= 15 is 0 Å². The zero-order chi connectivity index (χ0) is 13.7. The molecule has 0 atom stereocenters. The van der Waals surface area contributed by atoms with Crippen LogP contribution in [-0.2, 0) is 13.9 Å². The summed E-state index contributed by atoms with van der Waals surface area (Å²) in [6.45, 7) is 7.63. The Labute approximate surface area is 120 Å². The summed E-state index contributed by atoms with van der Waals surface area (Å²) in [4.78, 5) is 0. The van der Waals surface area contributed by atoms with Gasteiger partial charge in [-0.3, -0.25) is 0 Å². The van der Waals surface area contributed by atoms with Crippen LogP contribution in [0.5, 0.6) is 0 Å². The van der Waals surface area contributed by atoms with Crippen LogP contribution in [0.1, 0.15) is 52.9 Å².